The zero-order valence-electron chi connectivity index (χ0n) is 9.67. The second-order valence-corrected chi connectivity index (χ2v) is 3.89. The van der Waals surface area contributed by atoms with Crippen LogP contribution in [-0.4, -0.2) is 20.8 Å². The molecule has 1 atom stereocenters. The lowest BCUT2D eigenvalue weighted by molar-refractivity contribution is 0.100. The summed E-state index contributed by atoms with van der Waals surface area (Å²) >= 11 is 0. The van der Waals surface area contributed by atoms with Gasteiger partial charge in [-0.2, -0.15) is 5.10 Å². The number of rotatable bonds is 3. The zero-order valence-corrected chi connectivity index (χ0v) is 9.67. The molecule has 6 heteroatoms. The first kappa shape index (κ1) is 12.3. The summed E-state index contributed by atoms with van der Waals surface area (Å²) in [7, 11) is 0. The number of primary amides is 1. The summed E-state index contributed by atoms with van der Waals surface area (Å²) in [5, 5.41) is 13.5. The molecule has 1 aromatic carbocycles. The van der Waals surface area contributed by atoms with Gasteiger partial charge >= 0.3 is 0 Å². The second-order valence-electron chi connectivity index (χ2n) is 3.89. The summed E-state index contributed by atoms with van der Waals surface area (Å²) < 4.78 is 15.0. The Balaban J connectivity index is 2.58. The Morgan fingerprint density at radius 3 is 2.83 bits per heavy atom. The third-order valence-electron chi connectivity index (χ3n) is 2.56. The number of hydrogen-bond donors (Lipinski definition) is 2. The molecule has 94 valence electrons. The Hall–Kier alpha value is -2.21. The molecule has 18 heavy (non-hydrogen) atoms. The summed E-state index contributed by atoms with van der Waals surface area (Å²) in [5.74, 6) is -1.18. The minimum absolute atomic E-state index is 0.111. The average Bonchev–Trinajstić information content (AvgIpc) is 2.77. The molecule has 1 aromatic heterocycles. The van der Waals surface area contributed by atoms with E-state index in [-0.39, 0.29) is 11.3 Å². The maximum Gasteiger partial charge on any atom is 0.251 e. The van der Waals surface area contributed by atoms with E-state index in [2.05, 4.69) is 5.10 Å². The largest absolute Gasteiger partial charge is 0.389 e. The van der Waals surface area contributed by atoms with Crippen molar-refractivity contribution in [1.82, 2.24) is 9.78 Å². The lowest BCUT2D eigenvalue weighted by Gasteiger charge is -2.12. The molecular formula is C12H12FN3O2. The van der Waals surface area contributed by atoms with Gasteiger partial charge in [-0.3, -0.25) is 4.79 Å². The maximum atomic E-state index is 13.8. The topological polar surface area (TPSA) is 81.1 Å². The number of carbonyl (C=O) groups is 1. The molecule has 0 saturated heterocycles. The third-order valence-corrected chi connectivity index (χ3v) is 2.56. The molecule has 0 aliphatic heterocycles. The van der Waals surface area contributed by atoms with E-state index in [0.29, 0.717) is 5.56 Å². The second kappa shape index (κ2) is 4.58. The van der Waals surface area contributed by atoms with Gasteiger partial charge in [0, 0.05) is 11.8 Å². The summed E-state index contributed by atoms with van der Waals surface area (Å²) in [5.41, 5.74) is 5.78. The van der Waals surface area contributed by atoms with Gasteiger partial charge in [-0.1, -0.05) is 12.1 Å². The normalized spacial score (nSPS) is 12.4. The first-order valence-electron chi connectivity index (χ1n) is 5.32. The standard InChI is InChI=1S/C12H12FN3O2/c1-7(17)9-3-2-4-10(13)11(9)16-6-8(5-15-16)12(14)18/h2-7,17H,1H3,(H2,14,18). The molecule has 0 aliphatic carbocycles. The fourth-order valence-corrected chi connectivity index (χ4v) is 1.68. The van der Waals surface area contributed by atoms with Gasteiger partial charge in [0.25, 0.3) is 5.91 Å². The van der Waals surface area contributed by atoms with Crippen LogP contribution in [0.4, 0.5) is 4.39 Å². The molecule has 3 N–H and O–H groups in total. The maximum absolute atomic E-state index is 13.8. The van der Waals surface area contributed by atoms with E-state index < -0.39 is 17.8 Å². The van der Waals surface area contributed by atoms with Crippen LogP contribution in [0.5, 0.6) is 0 Å². The fraction of sp³-hybridized carbons (Fsp3) is 0.167. The smallest absolute Gasteiger partial charge is 0.251 e. The van der Waals surface area contributed by atoms with Gasteiger partial charge in [0.2, 0.25) is 0 Å². The van der Waals surface area contributed by atoms with E-state index in [1.165, 1.54) is 36.1 Å². The van der Waals surface area contributed by atoms with E-state index in [9.17, 15) is 14.3 Å². The number of benzene rings is 1. The van der Waals surface area contributed by atoms with Crippen molar-refractivity contribution in [3.8, 4) is 5.69 Å². The van der Waals surface area contributed by atoms with Crippen molar-refractivity contribution < 1.29 is 14.3 Å². The number of halogens is 1. The van der Waals surface area contributed by atoms with E-state index >= 15 is 0 Å². The Morgan fingerprint density at radius 1 is 1.56 bits per heavy atom. The highest BCUT2D eigenvalue weighted by Gasteiger charge is 2.16. The first-order valence-corrected chi connectivity index (χ1v) is 5.32. The summed E-state index contributed by atoms with van der Waals surface area (Å²) in [6.45, 7) is 1.52. The number of para-hydroxylation sites is 1. The summed E-state index contributed by atoms with van der Waals surface area (Å²) in [6, 6.07) is 4.35. The molecule has 2 aromatic rings. The lowest BCUT2D eigenvalue weighted by Crippen LogP contribution is -2.10. The Kier molecular flexibility index (Phi) is 3.12. The summed E-state index contributed by atoms with van der Waals surface area (Å²) in [4.78, 5) is 11.0. The average molecular weight is 249 g/mol. The van der Waals surface area contributed by atoms with Crippen molar-refractivity contribution in [2.24, 2.45) is 5.73 Å². The number of aromatic nitrogens is 2. The van der Waals surface area contributed by atoms with E-state index in [4.69, 9.17) is 5.73 Å². The monoisotopic (exact) mass is 249 g/mol. The first-order chi connectivity index (χ1) is 8.50. The van der Waals surface area contributed by atoms with Crippen molar-refractivity contribution in [3.05, 3.63) is 47.5 Å². The Labute approximate surface area is 103 Å². The number of aliphatic hydroxyl groups excluding tert-OH is 1. The molecule has 0 bridgehead atoms. The van der Waals surface area contributed by atoms with Crippen LogP contribution in [0.3, 0.4) is 0 Å². The van der Waals surface area contributed by atoms with Crippen LogP contribution in [-0.2, 0) is 0 Å². The quantitative estimate of drug-likeness (QED) is 0.856. The van der Waals surface area contributed by atoms with E-state index in [0.717, 1.165) is 0 Å². The molecule has 5 nitrogen and oxygen atoms in total. The number of aliphatic hydroxyl groups is 1. The van der Waals surface area contributed by atoms with Crippen LogP contribution in [0, 0.1) is 5.82 Å². The molecule has 0 aliphatic rings. The van der Waals surface area contributed by atoms with E-state index in [1.54, 1.807) is 6.07 Å². The van der Waals surface area contributed by atoms with Crippen LogP contribution in [0.15, 0.2) is 30.6 Å². The molecule has 1 unspecified atom stereocenters. The molecule has 0 saturated carbocycles. The fourth-order valence-electron chi connectivity index (χ4n) is 1.68. The molecule has 0 spiro atoms. The minimum atomic E-state index is -0.850. The number of hydrogen-bond acceptors (Lipinski definition) is 3. The summed E-state index contributed by atoms with van der Waals surface area (Å²) in [6.07, 6.45) is 1.73. The molecule has 0 radical (unpaired) electrons. The lowest BCUT2D eigenvalue weighted by atomic mass is 10.1. The number of carbonyl (C=O) groups excluding carboxylic acids is 1. The van der Waals surface area contributed by atoms with Gasteiger partial charge in [-0.25, -0.2) is 9.07 Å². The van der Waals surface area contributed by atoms with E-state index in [1.807, 2.05) is 0 Å². The van der Waals surface area contributed by atoms with Crippen LogP contribution in [0.2, 0.25) is 0 Å². The Bertz CT molecular complexity index is 593. The van der Waals surface area contributed by atoms with Gasteiger partial charge in [0.15, 0.2) is 0 Å². The predicted octanol–water partition coefficient (Wildman–Crippen LogP) is 1.16. The van der Waals surface area contributed by atoms with Crippen molar-refractivity contribution in [1.29, 1.82) is 0 Å². The predicted molar refractivity (Wildman–Crippen MR) is 62.7 cm³/mol. The SMILES string of the molecule is CC(O)c1cccc(F)c1-n1cc(C(N)=O)cn1. The molecule has 1 amide bonds. The molecule has 2 rings (SSSR count). The minimum Gasteiger partial charge on any atom is -0.389 e. The van der Waals surface area contributed by atoms with Gasteiger partial charge in [-0.15, -0.1) is 0 Å². The van der Waals surface area contributed by atoms with Crippen molar-refractivity contribution >= 4 is 5.91 Å². The van der Waals surface area contributed by atoms with Gasteiger partial charge in [0.1, 0.15) is 11.5 Å². The van der Waals surface area contributed by atoms with Crippen LogP contribution in [0.1, 0.15) is 28.9 Å². The van der Waals surface area contributed by atoms with Crippen LogP contribution in [0.25, 0.3) is 5.69 Å². The number of nitrogens with zero attached hydrogens (tertiary/aromatic N) is 2. The molecule has 1 heterocycles. The van der Waals surface area contributed by atoms with Gasteiger partial charge < -0.3 is 10.8 Å². The van der Waals surface area contributed by atoms with Crippen LogP contribution < -0.4 is 5.73 Å². The van der Waals surface area contributed by atoms with Crippen LogP contribution >= 0.6 is 0 Å². The van der Waals surface area contributed by atoms with Gasteiger partial charge in [-0.05, 0) is 13.0 Å². The third kappa shape index (κ3) is 2.10. The zero-order chi connectivity index (χ0) is 13.3. The van der Waals surface area contributed by atoms with Crippen molar-refractivity contribution in [3.63, 3.8) is 0 Å². The number of amides is 1. The van der Waals surface area contributed by atoms with Gasteiger partial charge in [0.05, 0.1) is 17.9 Å². The highest BCUT2D eigenvalue weighted by Crippen LogP contribution is 2.24. The van der Waals surface area contributed by atoms with Crippen molar-refractivity contribution in [2.45, 2.75) is 13.0 Å². The molecule has 0 fully saturated rings. The van der Waals surface area contributed by atoms with Crippen molar-refractivity contribution in [2.75, 3.05) is 0 Å². The highest BCUT2D eigenvalue weighted by molar-refractivity contribution is 5.92. The highest BCUT2D eigenvalue weighted by atomic mass is 19.1. The number of nitrogens with two attached hydrogens (primary N) is 1. The Morgan fingerprint density at radius 2 is 2.28 bits per heavy atom. The molecular weight excluding hydrogens is 237 g/mol.